The number of aryl methyl sites for hydroxylation is 1. The second-order valence-electron chi connectivity index (χ2n) is 8.07. The maximum atomic E-state index is 14.4. The number of nitrogens with two attached hydrogens (primary N) is 1. The van der Waals surface area contributed by atoms with Crippen LogP contribution in [-0.4, -0.2) is 58.8 Å². The van der Waals surface area contributed by atoms with E-state index in [0.717, 1.165) is 18.2 Å². The van der Waals surface area contributed by atoms with Crippen LogP contribution in [0.1, 0.15) is 31.0 Å². The number of anilines is 2. The summed E-state index contributed by atoms with van der Waals surface area (Å²) in [6, 6.07) is 3.44. The molecule has 14 heteroatoms. The molecular formula is C23H24F4N6O4. The van der Waals surface area contributed by atoms with Gasteiger partial charge in [-0.3, -0.25) is 24.8 Å². The minimum Gasteiger partial charge on any atom is -0.403 e. The Hall–Kier alpha value is -4.23. The number of alkyl halides is 3. The third-order valence-corrected chi connectivity index (χ3v) is 5.59. The molecule has 2 heterocycles. The molecule has 1 aliphatic heterocycles. The molecule has 0 bridgehead atoms. The number of aromatic nitrogens is 1. The molecule has 3 amide bonds. The molecule has 198 valence electrons. The van der Waals surface area contributed by atoms with Crippen LogP contribution in [0.25, 0.3) is 0 Å². The monoisotopic (exact) mass is 524 g/mol. The second-order valence-corrected chi connectivity index (χ2v) is 8.07. The summed E-state index contributed by atoms with van der Waals surface area (Å²) in [5, 5.41) is 13.0. The van der Waals surface area contributed by atoms with Gasteiger partial charge in [0.15, 0.2) is 11.6 Å². The molecule has 1 atom stereocenters. The Morgan fingerprint density at radius 2 is 2.00 bits per heavy atom. The Morgan fingerprint density at radius 3 is 2.65 bits per heavy atom. The third kappa shape index (κ3) is 6.71. The number of rotatable bonds is 9. The summed E-state index contributed by atoms with van der Waals surface area (Å²) in [6.45, 7) is 1.73. The maximum Gasteiger partial charge on any atom is 0.573 e. The number of nitrogens with one attached hydrogen (secondary N) is 3. The van der Waals surface area contributed by atoms with Crippen LogP contribution in [0.2, 0.25) is 0 Å². The van der Waals surface area contributed by atoms with E-state index >= 15 is 0 Å². The highest BCUT2D eigenvalue weighted by Gasteiger charge is 2.36. The molecule has 2 aromatic rings. The topological polar surface area (TPSA) is 150 Å². The van der Waals surface area contributed by atoms with Crippen molar-refractivity contribution in [1.29, 1.82) is 5.41 Å². The van der Waals surface area contributed by atoms with Crippen LogP contribution in [0.15, 0.2) is 30.5 Å². The number of likely N-dealkylation sites (tertiary alicyclic amines) is 1. The van der Waals surface area contributed by atoms with Gasteiger partial charge in [-0.05, 0) is 37.5 Å². The van der Waals surface area contributed by atoms with Crippen molar-refractivity contribution in [3.63, 3.8) is 0 Å². The average Bonchev–Trinajstić information content (AvgIpc) is 3.34. The first-order valence-electron chi connectivity index (χ1n) is 11.2. The van der Waals surface area contributed by atoms with E-state index in [9.17, 15) is 31.9 Å². The number of pyridine rings is 1. The zero-order chi connectivity index (χ0) is 27.3. The van der Waals surface area contributed by atoms with Gasteiger partial charge in [-0.15, -0.1) is 13.2 Å². The number of hydrogen-bond acceptors (Lipinski definition) is 7. The normalized spacial score (nSPS) is 15.3. The molecule has 10 nitrogen and oxygen atoms in total. The standard InChI is InChI=1S/C23H24F4N6O4/c1-2-12-9-13(20(28)21(29)35)15(10-30-12)31-11-18(34)33-8-4-6-16(33)22(36)32-14-5-3-7-17(19(14)24)37-23(25,26)27/h3,5,7,9-10,16,28,31H,2,4,6,8,11H2,1H3,(H2,29,35)(H,32,36). The van der Waals surface area contributed by atoms with E-state index in [1.807, 2.05) is 6.92 Å². The minimum absolute atomic E-state index is 0.166. The highest BCUT2D eigenvalue weighted by Crippen LogP contribution is 2.30. The first-order chi connectivity index (χ1) is 17.4. The SMILES string of the molecule is CCc1cc(C(=N)C(N)=O)c(NCC(=O)N2CCCC2C(=O)Nc2cccc(OC(F)(F)F)c2F)cn1. The molecule has 1 aromatic heterocycles. The van der Waals surface area contributed by atoms with Gasteiger partial charge in [-0.2, -0.15) is 0 Å². The van der Waals surface area contributed by atoms with E-state index in [-0.39, 0.29) is 30.8 Å². The van der Waals surface area contributed by atoms with Crippen molar-refractivity contribution in [3.05, 3.63) is 47.5 Å². The number of nitrogens with zero attached hydrogens (tertiary/aromatic N) is 2. The summed E-state index contributed by atoms with van der Waals surface area (Å²) in [6.07, 6.45) is -2.50. The summed E-state index contributed by atoms with van der Waals surface area (Å²) in [4.78, 5) is 42.7. The number of carbonyl (C=O) groups excluding carboxylic acids is 3. The molecule has 1 saturated heterocycles. The first kappa shape index (κ1) is 27.4. The van der Waals surface area contributed by atoms with Crippen molar-refractivity contribution in [1.82, 2.24) is 9.88 Å². The molecule has 1 aromatic carbocycles. The number of hydrogen-bond donors (Lipinski definition) is 4. The van der Waals surface area contributed by atoms with Crippen molar-refractivity contribution >= 4 is 34.8 Å². The lowest BCUT2D eigenvalue weighted by atomic mass is 10.1. The highest BCUT2D eigenvalue weighted by atomic mass is 19.4. The predicted molar refractivity (Wildman–Crippen MR) is 125 cm³/mol. The number of primary amides is 1. The van der Waals surface area contributed by atoms with E-state index in [1.165, 1.54) is 17.2 Å². The quantitative estimate of drug-likeness (QED) is 0.293. The number of amides is 3. The average molecular weight is 524 g/mol. The van der Waals surface area contributed by atoms with Crippen LogP contribution in [0, 0.1) is 11.2 Å². The number of halogens is 4. The fraction of sp³-hybridized carbons (Fsp3) is 0.348. The van der Waals surface area contributed by atoms with Gasteiger partial charge in [0.25, 0.3) is 5.91 Å². The second kappa shape index (κ2) is 11.2. The van der Waals surface area contributed by atoms with Gasteiger partial charge >= 0.3 is 6.36 Å². The zero-order valence-electron chi connectivity index (χ0n) is 19.6. The van der Waals surface area contributed by atoms with Gasteiger partial charge in [0.2, 0.25) is 11.8 Å². The number of ether oxygens (including phenoxy) is 1. The summed E-state index contributed by atoms with van der Waals surface area (Å²) in [7, 11) is 0. The first-order valence-corrected chi connectivity index (χ1v) is 11.2. The van der Waals surface area contributed by atoms with Crippen molar-refractivity contribution in [3.8, 4) is 5.75 Å². The number of carbonyl (C=O) groups is 3. The molecular weight excluding hydrogens is 500 g/mol. The Morgan fingerprint density at radius 1 is 1.27 bits per heavy atom. The summed E-state index contributed by atoms with van der Waals surface area (Å²) in [5.41, 5.74) is 5.22. The molecule has 0 saturated carbocycles. The van der Waals surface area contributed by atoms with Gasteiger partial charge in [0.1, 0.15) is 11.8 Å². The van der Waals surface area contributed by atoms with Crippen molar-refractivity contribution in [2.75, 3.05) is 23.7 Å². The lowest BCUT2D eigenvalue weighted by Gasteiger charge is -2.25. The molecule has 37 heavy (non-hydrogen) atoms. The van der Waals surface area contributed by atoms with E-state index in [1.54, 1.807) is 0 Å². The third-order valence-electron chi connectivity index (χ3n) is 5.59. The fourth-order valence-electron chi connectivity index (χ4n) is 3.81. The summed E-state index contributed by atoms with van der Waals surface area (Å²) < 4.78 is 55.5. The molecule has 1 fully saturated rings. The Balaban J connectivity index is 1.70. The van der Waals surface area contributed by atoms with Crippen LogP contribution in [-0.2, 0) is 20.8 Å². The van der Waals surface area contributed by atoms with Crippen LogP contribution in [0.5, 0.6) is 5.75 Å². The zero-order valence-corrected chi connectivity index (χ0v) is 19.6. The molecule has 0 radical (unpaired) electrons. The molecule has 1 aliphatic rings. The largest absolute Gasteiger partial charge is 0.573 e. The van der Waals surface area contributed by atoms with Crippen molar-refractivity contribution in [2.45, 2.75) is 38.6 Å². The lowest BCUT2D eigenvalue weighted by molar-refractivity contribution is -0.275. The van der Waals surface area contributed by atoms with Crippen molar-refractivity contribution in [2.24, 2.45) is 5.73 Å². The fourth-order valence-corrected chi connectivity index (χ4v) is 3.81. The van der Waals surface area contributed by atoms with Gasteiger partial charge in [-0.25, -0.2) is 4.39 Å². The molecule has 5 N–H and O–H groups in total. The van der Waals surface area contributed by atoms with Crippen LogP contribution in [0.3, 0.4) is 0 Å². The van der Waals surface area contributed by atoms with Gasteiger partial charge in [0.05, 0.1) is 24.1 Å². The Kier molecular flexibility index (Phi) is 8.30. The molecule has 0 aliphatic carbocycles. The van der Waals surface area contributed by atoms with Gasteiger partial charge in [0, 0.05) is 17.8 Å². The van der Waals surface area contributed by atoms with Crippen molar-refractivity contribution < 1.29 is 36.7 Å². The van der Waals surface area contributed by atoms with E-state index in [4.69, 9.17) is 11.1 Å². The Labute approximate surface area is 208 Å². The Bertz CT molecular complexity index is 1220. The molecule has 1 unspecified atom stereocenters. The van der Waals surface area contributed by atoms with Crippen LogP contribution in [0.4, 0.5) is 28.9 Å². The van der Waals surface area contributed by atoms with E-state index < -0.39 is 53.1 Å². The van der Waals surface area contributed by atoms with Gasteiger partial charge in [-0.1, -0.05) is 13.0 Å². The highest BCUT2D eigenvalue weighted by molar-refractivity contribution is 6.44. The summed E-state index contributed by atoms with van der Waals surface area (Å²) in [5.74, 6) is -4.76. The van der Waals surface area contributed by atoms with Crippen LogP contribution < -0.4 is 21.1 Å². The smallest absolute Gasteiger partial charge is 0.403 e. The molecule has 0 spiro atoms. The minimum atomic E-state index is -5.12. The maximum absolute atomic E-state index is 14.4. The van der Waals surface area contributed by atoms with Crippen LogP contribution >= 0.6 is 0 Å². The van der Waals surface area contributed by atoms with E-state index in [0.29, 0.717) is 18.5 Å². The predicted octanol–water partition coefficient (Wildman–Crippen LogP) is 2.58. The van der Waals surface area contributed by atoms with E-state index in [2.05, 4.69) is 20.4 Å². The van der Waals surface area contributed by atoms with Gasteiger partial charge < -0.3 is 26.0 Å². The lowest BCUT2D eigenvalue weighted by Crippen LogP contribution is -2.45. The summed E-state index contributed by atoms with van der Waals surface area (Å²) >= 11 is 0. The number of benzene rings is 1. The molecule has 3 rings (SSSR count).